The molecule has 1 unspecified atom stereocenters. The van der Waals surface area contributed by atoms with Gasteiger partial charge < -0.3 is 15.4 Å². The van der Waals surface area contributed by atoms with Crippen molar-refractivity contribution in [2.45, 2.75) is 26.3 Å². The Hall–Kier alpha value is -2.60. The van der Waals surface area contributed by atoms with Crippen molar-refractivity contribution in [1.29, 1.82) is 0 Å². The summed E-state index contributed by atoms with van der Waals surface area (Å²) >= 11 is 5.96. The van der Waals surface area contributed by atoms with Gasteiger partial charge in [0, 0.05) is 22.8 Å². The third kappa shape index (κ3) is 4.93. The number of anilines is 1. The van der Waals surface area contributed by atoms with Crippen LogP contribution in [0.3, 0.4) is 0 Å². The first-order chi connectivity index (χ1) is 11.9. The minimum absolute atomic E-state index is 0.0301. The topological polar surface area (TPSA) is 80.3 Å². The number of nitrogens with one attached hydrogen (secondary N) is 2. The number of hydrogen-bond donors (Lipinski definition) is 2. The maximum absolute atomic E-state index is 12.5. The Morgan fingerprint density at radius 3 is 2.68 bits per heavy atom. The van der Waals surface area contributed by atoms with Gasteiger partial charge in [0.1, 0.15) is 11.4 Å². The average molecular weight is 362 g/mol. The van der Waals surface area contributed by atoms with Crippen molar-refractivity contribution in [3.8, 4) is 5.75 Å². The summed E-state index contributed by atoms with van der Waals surface area (Å²) in [6, 6.07) is 7.93. The number of nitrogens with zero attached hydrogens (tertiary/aromatic N) is 1. The molecule has 7 heteroatoms. The van der Waals surface area contributed by atoms with Gasteiger partial charge in [-0.3, -0.25) is 14.6 Å². The van der Waals surface area contributed by atoms with E-state index in [9.17, 15) is 9.59 Å². The molecule has 0 aliphatic heterocycles. The number of rotatable bonds is 6. The molecule has 0 fully saturated rings. The van der Waals surface area contributed by atoms with Gasteiger partial charge in [-0.15, -0.1) is 0 Å². The zero-order valence-corrected chi connectivity index (χ0v) is 15.1. The lowest BCUT2D eigenvalue weighted by atomic mass is 10.2. The summed E-state index contributed by atoms with van der Waals surface area (Å²) < 4.78 is 5.21. The SMILES string of the molecule is CCC(C)NC(=O)c1cc(C(=O)Nc2cc(Cl)ccc2OC)ccn1. The second-order valence-electron chi connectivity index (χ2n) is 5.51. The van der Waals surface area contributed by atoms with Crippen LogP contribution < -0.4 is 15.4 Å². The summed E-state index contributed by atoms with van der Waals surface area (Å²) in [7, 11) is 1.50. The minimum atomic E-state index is -0.388. The van der Waals surface area contributed by atoms with Gasteiger partial charge in [0.2, 0.25) is 0 Å². The van der Waals surface area contributed by atoms with E-state index in [2.05, 4.69) is 15.6 Å². The Balaban J connectivity index is 2.19. The molecular weight excluding hydrogens is 342 g/mol. The summed E-state index contributed by atoms with van der Waals surface area (Å²) in [5.41, 5.74) is 0.944. The largest absolute Gasteiger partial charge is 0.495 e. The van der Waals surface area contributed by atoms with Crippen LogP contribution in [-0.2, 0) is 0 Å². The molecule has 2 aromatic rings. The van der Waals surface area contributed by atoms with Crippen LogP contribution in [0.15, 0.2) is 36.5 Å². The van der Waals surface area contributed by atoms with Crippen molar-refractivity contribution >= 4 is 29.1 Å². The molecule has 0 aliphatic rings. The van der Waals surface area contributed by atoms with Crippen LogP contribution in [0.4, 0.5) is 5.69 Å². The maximum Gasteiger partial charge on any atom is 0.270 e. The molecule has 0 spiro atoms. The zero-order valence-electron chi connectivity index (χ0n) is 14.3. The number of halogens is 1. The number of carbonyl (C=O) groups is 2. The maximum atomic E-state index is 12.5. The normalized spacial score (nSPS) is 11.5. The van der Waals surface area contributed by atoms with E-state index >= 15 is 0 Å². The number of methoxy groups -OCH3 is 1. The molecule has 1 aromatic carbocycles. The molecule has 25 heavy (non-hydrogen) atoms. The third-order valence-electron chi connectivity index (χ3n) is 3.65. The van der Waals surface area contributed by atoms with Crippen molar-refractivity contribution in [1.82, 2.24) is 10.3 Å². The molecule has 2 rings (SSSR count). The minimum Gasteiger partial charge on any atom is -0.495 e. The predicted molar refractivity (Wildman–Crippen MR) is 97.4 cm³/mol. The number of benzene rings is 1. The van der Waals surface area contributed by atoms with Gasteiger partial charge in [-0.2, -0.15) is 0 Å². The van der Waals surface area contributed by atoms with Gasteiger partial charge in [0.25, 0.3) is 11.8 Å². The van der Waals surface area contributed by atoms with E-state index in [0.717, 1.165) is 6.42 Å². The Morgan fingerprint density at radius 1 is 1.24 bits per heavy atom. The van der Waals surface area contributed by atoms with E-state index in [1.54, 1.807) is 18.2 Å². The fourth-order valence-corrected chi connectivity index (χ4v) is 2.24. The lowest BCUT2D eigenvalue weighted by Crippen LogP contribution is -2.32. The van der Waals surface area contributed by atoms with Crippen molar-refractivity contribution in [2.75, 3.05) is 12.4 Å². The molecule has 0 saturated heterocycles. The highest BCUT2D eigenvalue weighted by molar-refractivity contribution is 6.31. The first-order valence-electron chi connectivity index (χ1n) is 7.86. The van der Waals surface area contributed by atoms with Gasteiger partial charge in [-0.25, -0.2) is 0 Å². The zero-order chi connectivity index (χ0) is 18.4. The average Bonchev–Trinajstić information content (AvgIpc) is 2.61. The Kier molecular flexibility index (Phi) is 6.36. The Bertz CT molecular complexity index is 780. The molecule has 0 radical (unpaired) electrons. The molecule has 0 aliphatic carbocycles. The van der Waals surface area contributed by atoms with E-state index in [1.165, 1.54) is 25.4 Å². The van der Waals surface area contributed by atoms with Crippen LogP contribution in [0.1, 0.15) is 41.1 Å². The van der Waals surface area contributed by atoms with Crippen LogP contribution in [0.5, 0.6) is 5.75 Å². The monoisotopic (exact) mass is 361 g/mol. The van der Waals surface area contributed by atoms with Crippen molar-refractivity contribution < 1.29 is 14.3 Å². The number of amides is 2. The van der Waals surface area contributed by atoms with Crippen molar-refractivity contribution in [3.05, 3.63) is 52.8 Å². The smallest absolute Gasteiger partial charge is 0.270 e. The fraction of sp³-hybridized carbons (Fsp3) is 0.278. The second kappa shape index (κ2) is 8.48. The first kappa shape index (κ1) is 18.7. The summed E-state index contributed by atoms with van der Waals surface area (Å²) in [4.78, 5) is 28.7. The summed E-state index contributed by atoms with van der Waals surface area (Å²) in [6.07, 6.45) is 2.23. The van der Waals surface area contributed by atoms with Gasteiger partial charge in [0.05, 0.1) is 12.8 Å². The number of ether oxygens (including phenoxy) is 1. The Morgan fingerprint density at radius 2 is 2.00 bits per heavy atom. The molecule has 6 nitrogen and oxygen atoms in total. The lowest BCUT2D eigenvalue weighted by Gasteiger charge is -2.12. The van der Waals surface area contributed by atoms with E-state index in [0.29, 0.717) is 22.0 Å². The molecule has 2 amide bonds. The van der Waals surface area contributed by atoms with Gasteiger partial charge in [-0.05, 0) is 43.7 Å². The standard InChI is InChI=1S/C18H20ClN3O3/c1-4-11(2)21-18(24)15-9-12(7-8-20-15)17(23)22-14-10-13(19)5-6-16(14)25-3/h5-11H,4H2,1-3H3,(H,21,24)(H,22,23). The summed E-state index contributed by atoms with van der Waals surface area (Å²) in [6.45, 7) is 3.88. The molecule has 1 atom stereocenters. The molecule has 0 saturated carbocycles. The van der Waals surface area contributed by atoms with Crippen LogP contribution in [0, 0.1) is 0 Å². The highest BCUT2D eigenvalue weighted by Crippen LogP contribution is 2.28. The van der Waals surface area contributed by atoms with Gasteiger partial charge in [0.15, 0.2) is 0 Å². The number of aromatic nitrogens is 1. The van der Waals surface area contributed by atoms with E-state index in [4.69, 9.17) is 16.3 Å². The fourth-order valence-electron chi connectivity index (χ4n) is 2.07. The van der Waals surface area contributed by atoms with Gasteiger partial charge in [-0.1, -0.05) is 18.5 Å². The van der Waals surface area contributed by atoms with Crippen LogP contribution >= 0.6 is 11.6 Å². The summed E-state index contributed by atoms with van der Waals surface area (Å²) in [5.74, 6) is -0.216. The number of hydrogen-bond acceptors (Lipinski definition) is 4. The van der Waals surface area contributed by atoms with E-state index < -0.39 is 0 Å². The molecule has 1 aromatic heterocycles. The highest BCUT2D eigenvalue weighted by Gasteiger charge is 2.15. The van der Waals surface area contributed by atoms with Crippen LogP contribution in [0.2, 0.25) is 5.02 Å². The van der Waals surface area contributed by atoms with Crippen molar-refractivity contribution in [3.63, 3.8) is 0 Å². The Labute approximate surface area is 151 Å². The van der Waals surface area contributed by atoms with Crippen LogP contribution in [-0.4, -0.2) is 29.9 Å². The molecular formula is C18H20ClN3O3. The molecule has 132 valence electrons. The quantitative estimate of drug-likeness (QED) is 0.824. The molecule has 1 heterocycles. The van der Waals surface area contributed by atoms with Gasteiger partial charge >= 0.3 is 0 Å². The first-order valence-corrected chi connectivity index (χ1v) is 8.24. The number of carbonyl (C=O) groups excluding carboxylic acids is 2. The van der Waals surface area contributed by atoms with Crippen molar-refractivity contribution in [2.24, 2.45) is 0 Å². The van der Waals surface area contributed by atoms with Crippen LogP contribution in [0.25, 0.3) is 0 Å². The lowest BCUT2D eigenvalue weighted by molar-refractivity contribution is 0.0934. The predicted octanol–water partition coefficient (Wildman–Crippen LogP) is 3.52. The highest BCUT2D eigenvalue weighted by atomic mass is 35.5. The summed E-state index contributed by atoms with van der Waals surface area (Å²) in [5, 5.41) is 6.02. The third-order valence-corrected chi connectivity index (χ3v) is 3.89. The molecule has 2 N–H and O–H groups in total. The molecule has 0 bridgehead atoms. The van der Waals surface area contributed by atoms with E-state index in [1.807, 2.05) is 13.8 Å². The number of pyridine rings is 1. The van der Waals surface area contributed by atoms with E-state index in [-0.39, 0.29) is 23.6 Å². The second-order valence-corrected chi connectivity index (χ2v) is 5.95.